The summed E-state index contributed by atoms with van der Waals surface area (Å²) in [6.45, 7) is 6.31. The number of rotatable bonds is 9. The zero-order valence-corrected chi connectivity index (χ0v) is 22.7. The van der Waals surface area contributed by atoms with Gasteiger partial charge < -0.3 is 15.7 Å². The van der Waals surface area contributed by atoms with E-state index in [0.717, 1.165) is 6.07 Å². The largest absolute Gasteiger partial charge is 0.481 e. The molecule has 3 aliphatic rings. The van der Waals surface area contributed by atoms with Crippen molar-refractivity contribution in [3.63, 3.8) is 0 Å². The molecule has 0 spiro atoms. The summed E-state index contributed by atoms with van der Waals surface area (Å²) < 4.78 is 40.7. The summed E-state index contributed by atoms with van der Waals surface area (Å²) in [5, 5.41) is 19.7. The second-order valence-corrected chi connectivity index (χ2v) is 11.9. The van der Waals surface area contributed by atoms with Crippen molar-refractivity contribution in [2.45, 2.75) is 40.2 Å². The Hall–Kier alpha value is -3.96. The maximum atomic E-state index is 13.8. The number of halogens is 3. The molecule has 4 unspecified atom stereocenters. The molecule has 3 N–H and O–H groups in total. The van der Waals surface area contributed by atoms with Crippen LogP contribution in [-0.2, 0) is 17.8 Å². The molecular formula is C29H30F3N5O4. The molecule has 2 amide bonds. The number of nitrogens with zero attached hydrogens (tertiary/aromatic N) is 3. The lowest BCUT2D eigenvalue weighted by Crippen LogP contribution is -2.89. The van der Waals surface area contributed by atoms with Gasteiger partial charge in [0.2, 0.25) is 6.43 Å². The maximum Gasteiger partial charge on any atom is 0.309 e. The molecule has 3 saturated carbocycles. The van der Waals surface area contributed by atoms with Gasteiger partial charge in [0.15, 0.2) is 5.65 Å². The third-order valence-corrected chi connectivity index (χ3v) is 10.3. The summed E-state index contributed by atoms with van der Waals surface area (Å²) in [7, 11) is 0. The lowest BCUT2D eigenvalue weighted by molar-refractivity contribution is -0.414. The van der Waals surface area contributed by atoms with Crippen molar-refractivity contribution in [1.29, 1.82) is 0 Å². The number of carbonyl (C=O) groups is 3. The topological polar surface area (TPSA) is 126 Å². The first-order valence-electron chi connectivity index (χ1n) is 13.6. The lowest BCUT2D eigenvalue weighted by atomic mass is 9.15. The number of benzene rings is 1. The average molecular weight is 570 g/mol. The molecule has 0 aliphatic heterocycles. The van der Waals surface area contributed by atoms with E-state index in [1.54, 1.807) is 6.07 Å². The quantitative estimate of drug-likeness (QED) is 0.362. The predicted octanol–water partition coefficient (Wildman–Crippen LogP) is 3.57. The van der Waals surface area contributed by atoms with Crippen molar-refractivity contribution in [3.8, 4) is 0 Å². The number of nitrogens with one attached hydrogen (secondary N) is 2. The maximum absolute atomic E-state index is 13.8. The average Bonchev–Trinajstić information content (AvgIpc) is 3.39. The molecule has 0 saturated heterocycles. The highest BCUT2D eigenvalue weighted by Crippen LogP contribution is 2.87. The van der Waals surface area contributed by atoms with E-state index in [4.69, 9.17) is 0 Å². The van der Waals surface area contributed by atoms with E-state index in [9.17, 15) is 32.7 Å². The number of carboxylic acids is 1. The zero-order valence-electron chi connectivity index (χ0n) is 22.7. The first-order chi connectivity index (χ1) is 19.4. The number of hydrogen-bond donors (Lipinski definition) is 3. The van der Waals surface area contributed by atoms with Crippen LogP contribution in [0.1, 0.15) is 52.9 Å². The molecule has 3 aliphatic carbocycles. The van der Waals surface area contributed by atoms with Crippen LogP contribution in [0.15, 0.2) is 36.5 Å². The molecule has 3 aromatic rings. The van der Waals surface area contributed by atoms with Gasteiger partial charge in [0.1, 0.15) is 17.2 Å². The molecule has 6 rings (SSSR count). The van der Waals surface area contributed by atoms with E-state index < -0.39 is 41.9 Å². The molecule has 9 nitrogen and oxygen atoms in total. The second kappa shape index (κ2) is 9.28. The Balaban J connectivity index is 1.16. The molecule has 12 heteroatoms. The molecule has 0 bridgehead atoms. The van der Waals surface area contributed by atoms with Crippen LogP contribution in [0.3, 0.4) is 0 Å². The Morgan fingerprint density at radius 1 is 1.05 bits per heavy atom. The van der Waals surface area contributed by atoms with Crippen LogP contribution in [0.25, 0.3) is 5.65 Å². The summed E-state index contributed by atoms with van der Waals surface area (Å²) >= 11 is 0. The van der Waals surface area contributed by atoms with Crippen LogP contribution in [0.4, 0.5) is 13.2 Å². The van der Waals surface area contributed by atoms with Gasteiger partial charge in [-0.2, -0.15) is 5.10 Å². The predicted molar refractivity (Wildman–Crippen MR) is 140 cm³/mol. The first-order valence-corrected chi connectivity index (χ1v) is 13.6. The van der Waals surface area contributed by atoms with E-state index in [0.29, 0.717) is 12.1 Å². The van der Waals surface area contributed by atoms with E-state index in [1.165, 1.54) is 28.9 Å². The van der Waals surface area contributed by atoms with Crippen molar-refractivity contribution in [3.05, 3.63) is 64.9 Å². The number of hydrogen-bond acceptors (Lipinski definition) is 5. The van der Waals surface area contributed by atoms with Gasteiger partial charge in [-0.25, -0.2) is 22.7 Å². The molecule has 41 heavy (non-hydrogen) atoms. The third-order valence-electron chi connectivity index (χ3n) is 10.3. The fourth-order valence-corrected chi connectivity index (χ4v) is 8.43. The summed E-state index contributed by atoms with van der Waals surface area (Å²) in [6, 6.07) is 6.66. The van der Waals surface area contributed by atoms with Gasteiger partial charge in [0, 0.05) is 31.6 Å². The smallest absolute Gasteiger partial charge is 0.309 e. The summed E-state index contributed by atoms with van der Waals surface area (Å²) in [5.74, 6) is -1.79. The van der Waals surface area contributed by atoms with Gasteiger partial charge in [0.05, 0.1) is 11.6 Å². The van der Waals surface area contributed by atoms with Crippen molar-refractivity contribution >= 4 is 23.4 Å². The highest BCUT2D eigenvalue weighted by atomic mass is 19.3. The van der Waals surface area contributed by atoms with E-state index in [2.05, 4.69) is 34.6 Å². The Kier molecular flexibility index (Phi) is 6.16. The van der Waals surface area contributed by atoms with Crippen LogP contribution in [0.5, 0.6) is 0 Å². The monoisotopic (exact) mass is 569 g/mol. The van der Waals surface area contributed by atoms with Crippen LogP contribution < -0.4 is 10.6 Å². The van der Waals surface area contributed by atoms with Gasteiger partial charge in [-0.15, -0.1) is 0 Å². The van der Waals surface area contributed by atoms with Crippen molar-refractivity contribution in [1.82, 2.24) is 25.2 Å². The van der Waals surface area contributed by atoms with Crippen LogP contribution in [0, 0.1) is 46.2 Å². The molecule has 0 radical (unpaired) electrons. The van der Waals surface area contributed by atoms with Crippen LogP contribution >= 0.6 is 0 Å². The number of fused-ring (bicyclic) bond motifs is 1. The highest BCUT2D eigenvalue weighted by molar-refractivity contribution is 5.98. The van der Waals surface area contributed by atoms with Crippen LogP contribution in [-0.4, -0.2) is 50.5 Å². The first kappa shape index (κ1) is 27.2. The molecule has 3 fully saturated rings. The van der Waals surface area contributed by atoms with Gasteiger partial charge in [-0.05, 0) is 59.1 Å². The van der Waals surface area contributed by atoms with Gasteiger partial charge in [0.25, 0.3) is 11.8 Å². The van der Waals surface area contributed by atoms with E-state index in [-0.39, 0.29) is 64.1 Å². The molecule has 4 atom stereocenters. The minimum Gasteiger partial charge on any atom is -0.481 e. The van der Waals surface area contributed by atoms with Gasteiger partial charge >= 0.3 is 5.97 Å². The van der Waals surface area contributed by atoms with Crippen LogP contribution in [0.2, 0.25) is 0 Å². The summed E-state index contributed by atoms with van der Waals surface area (Å²) in [5.41, 5.74) is -0.226. The molecule has 2 heterocycles. The van der Waals surface area contributed by atoms with Gasteiger partial charge in [-0.1, -0.05) is 26.0 Å². The Labute approximate surface area is 233 Å². The molecular weight excluding hydrogens is 539 g/mol. The summed E-state index contributed by atoms with van der Waals surface area (Å²) in [4.78, 5) is 42.7. The zero-order chi connectivity index (χ0) is 29.4. The van der Waals surface area contributed by atoms with Crippen molar-refractivity contribution in [2.75, 3.05) is 6.54 Å². The lowest BCUT2D eigenvalue weighted by Gasteiger charge is -2.88. The van der Waals surface area contributed by atoms with Crippen molar-refractivity contribution < 1.29 is 32.7 Å². The highest BCUT2D eigenvalue weighted by Gasteiger charge is 2.88. The normalized spacial score (nSPS) is 31.0. The van der Waals surface area contributed by atoms with Gasteiger partial charge in [-0.3, -0.25) is 14.4 Å². The number of aliphatic carboxylic acids is 1. The molecule has 1 aromatic carbocycles. The second-order valence-electron chi connectivity index (χ2n) is 11.9. The molecule has 2 aromatic heterocycles. The minimum absolute atomic E-state index is 0.0402. The third kappa shape index (κ3) is 3.71. The number of carbonyl (C=O) groups excluding carboxylic acids is 2. The fraction of sp³-hybridized carbons (Fsp3) is 0.483. The van der Waals surface area contributed by atoms with E-state index >= 15 is 0 Å². The Morgan fingerprint density at radius 2 is 1.76 bits per heavy atom. The number of aromatic nitrogens is 3. The van der Waals surface area contributed by atoms with E-state index in [1.807, 2.05) is 6.92 Å². The SMILES string of the molecule is CC1C2C3C(C(C)C13CNC(=O)c1cc(C(=O)NCc3ccc(F)c(CC(F)F)c3)nc3ccnn13)C2(C)C(=O)O. The number of carboxylic acid groups (broad SMARTS) is 1. The Morgan fingerprint density at radius 3 is 2.39 bits per heavy atom. The Bertz CT molecular complexity index is 1560. The van der Waals surface area contributed by atoms with Crippen molar-refractivity contribution in [2.24, 2.45) is 40.4 Å². The number of alkyl halides is 2. The standard InChI is InChI=1S/C29H30F3N5O4/c1-13-22-24-23(28(22,3)27(40)41)14(2)29(13,24)12-34-26(39)19-10-18(36-21-6-7-35-37(19)21)25(38)33-11-15-4-5-17(30)16(8-15)9-20(31)32/h4-8,10,13-14,20,22-24H,9,11-12H2,1-3H3,(H,33,38)(H,34,39)(H,40,41). The summed E-state index contributed by atoms with van der Waals surface area (Å²) in [6.07, 6.45) is -1.97. The molecule has 216 valence electrons. The number of amides is 2. The minimum atomic E-state index is -2.70. The fourth-order valence-electron chi connectivity index (χ4n) is 8.43.